The number of nitrogens with zero attached hydrogens (tertiary/aromatic N) is 4. The number of aliphatic hydroxyl groups excluding tert-OH is 1. The van der Waals surface area contributed by atoms with Gasteiger partial charge in [0.05, 0.1) is 12.9 Å². The number of ether oxygens (including phenoxy) is 2. The van der Waals surface area contributed by atoms with E-state index in [0.29, 0.717) is 11.9 Å². The van der Waals surface area contributed by atoms with Crippen LogP contribution in [0.5, 0.6) is 0 Å². The normalized spacial score (nSPS) is 24.8. The molecule has 1 saturated heterocycles. The summed E-state index contributed by atoms with van der Waals surface area (Å²) in [5.74, 6) is -0.479. The van der Waals surface area contributed by atoms with Crippen molar-refractivity contribution in [3.05, 3.63) is 48.5 Å². The summed E-state index contributed by atoms with van der Waals surface area (Å²) >= 11 is 0. The first-order chi connectivity index (χ1) is 14.4. The van der Waals surface area contributed by atoms with Crippen molar-refractivity contribution in [1.82, 2.24) is 19.5 Å². The smallest absolute Gasteiger partial charge is 0.323 e. The number of hydrogen-bond acceptors (Lipinski definition) is 10. The molecule has 1 aromatic carbocycles. The van der Waals surface area contributed by atoms with Crippen LogP contribution < -0.4 is 11.5 Å². The molecule has 158 valence electrons. The second-order valence-electron chi connectivity index (χ2n) is 7.14. The van der Waals surface area contributed by atoms with E-state index in [0.717, 1.165) is 5.56 Å². The fourth-order valence-electron chi connectivity index (χ4n) is 3.41. The molecule has 1 aliphatic rings. The Hall–Kier alpha value is -3.12. The summed E-state index contributed by atoms with van der Waals surface area (Å²) in [5, 5.41) is 21.7. The Labute approximate surface area is 171 Å². The van der Waals surface area contributed by atoms with E-state index in [-0.39, 0.29) is 24.7 Å². The molecule has 0 amide bonds. The molecule has 3 heterocycles. The predicted octanol–water partition coefficient (Wildman–Crippen LogP) is -1.07. The van der Waals surface area contributed by atoms with Crippen LogP contribution in [0, 0.1) is 0 Å². The van der Waals surface area contributed by atoms with Crippen LogP contribution in [0.3, 0.4) is 0 Å². The van der Waals surface area contributed by atoms with Crippen molar-refractivity contribution in [3.63, 3.8) is 0 Å². The zero-order valence-corrected chi connectivity index (χ0v) is 16.0. The minimum Gasteiger partial charge on any atom is -0.462 e. The van der Waals surface area contributed by atoms with Gasteiger partial charge in [0.1, 0.15) is 36.7 Å². The van der Waals surface area contributed by atoms with Crippen LogP contribution in [-0.2, 0) is 26.4 Å². The van der Waals surface area contributed by atoms with E-state index in [1.54, 1.807) is 0 Å². The molecule has 11 heteroatoms. The molecule has 0 radical (unpaired) electrons. The lowest BCUT2D eigenvalue weighted by atomic mass is 10.1. The summed E-state index contributed by atoms with van der Waals surface area (Å²) < 4.78 is 12.0. The summed E-state index contributed by atoms with van der Waals surface area (Å²) in [6, 6.07) is 8.45. The maximum Gasteiger partial charge on any atom is 0.323 e. The van der Waals surface area contributed by atoms with Crippen LogP contribution in [0.15, 0.2) is 43.0 Å². The SMILES string of the molecule is Nc1ncnc2c1ncn2C1(O)COC(COC(=O)C(N)Cc2ccccc2)C1O. The minimum atomic E-state index is -1.86. The number of carbonyl (C=O) groups is 1. The van der Waals surface area contributed by atoms with Gasteiger partial charge in [0, 0.05) is 0 Å². The molecule has 4 unspecified atom stereocenters. The number of esters is 1. The number of benzene rings is 1. The zero-order chi connectivity index (χ0) is 21.3. The number of rotatable bonds is 6. The third-order valence-electron chi connectivity index (χ3n) is 5.11. The Balaban J connectivity index is 1.41. The molecular formula is C19H22N6O5. The number of nitrogen functional groups attached to an aromatic ring is 1. The number of carbonyl (C=O) groups excluding carboxylic acids is 1. The molecule has 0 bridgehead atoms. The minimum absolute atomic E-state index is 0.147. The molecule has 4 rings (SSSR count). The van der Waals surface area contributed by atoms with E-state index >= 15 is 0 Å². The van der Waals surface area contributed by atoms with Crippen LogP contribution in [0.1, 0.15) is 5.56 Å². The summed E-state index contributed by atoms with van der Waals surface area (Å²) in [4.78, 5) is 24.2. The van der Waals surface area contributed by atoms with Gasteiger partial charge >= 0.3 is 5.97 Å². The molecule has 3 aromatic rings. The van der Waals surface area contributed by atoms with E-state index in [4.69, 9.17) is 20.9 Å². The van der Waals surface area contributed by atoms with Crippen molar-refractivity contribution in [2.24, 2.45) is 5.73 Å². The van der Waals surface area contributed by atoms with Gasteiger partial charge in [-0.05, 0) is 12.0 Å². The van der Waals surface area contributed by atoms with E-state index in [1.807, 2.05) is 30.3 Å². The number of hydrogen-bond donors (Lipinski definition) is 4. The first-order valence-corrected chi connectivity index (χ1v) is 9.32. The zero-order valence-electron chi connectivity index (χ0n) is 16.0. The second kappa shape index (κ2) is 7.95. The van der Waals surface area contributed by atoms with Gasteiger partial charge in [-0.1, -0.05) is 30.3 Å². The third kappa shape index (κ3) is 3.59. The van der Waals surface area contributed by atoms with E-state index in [9.17, 15) is 15.0 Å². The predicted molar refractivity (Wildman–Crippen MR) is 105 cm³/mol. The molecule has 0 spiro atoms. The van der Waals surface area contributed by atoms with Crippen molar-refractivity contribution < 1.29 is 24.5 Å². The largest absolute Gasteiger partial charge is 0.462 e. The Morgan fingerprint density at radius 2 is 2.10 bits per heavy atom. The number of nitrogens with two attached hydrogens (primary N) is 2. The van der Waals surface area contributed by atoms with E-state index in [1.165, 1.54) is 17.2 Å². The van der Waals surface area contributed by atoms with Gasteiger partial charge in [0.25, 0.3) is 0 Å². The van der Waals surface area contributed by atoms with Crippen molar-refractivity contribution >= 4 is 23.0 Å². The first-order valence-electron chi connectivity index (χ1n) is 9.32. The maximum atomic E-state index is 12.2. The highest BCUT2D eigenvalue weighted by molar-refractivity contribution is 5.81. The third-order valence-corrected chi connectivity index (χ3v) is 5.11. The first kappa shape index (κ1) is 20.2. The number of aliphatic hydroxyl groups is 2. The fourth-order valence-corrected chi connectivity index (χ4v) is 3.41. The molecule has 2 aromatic heterocycles. The molecular weight excluding hydrogens is 392 g/mol. The number of imidazole rings is 1. The van der Waals surface area contributed by atoms with Crippen molar-refractivity contribution in [3.8, 4) is 0 Å². The topological polar surface area (TPSA) is 172 Å². The number of aromatic nitrogens is 4. The van der Waals surface area contributed by atoms with Crippen LogP contribution >= 0.6 is 0 Å². The van der Waals surface area contributed by atoms with Gasteiger partial charge in [-0.25, -0.2) is 15.0 Å². The van der Waals surface area contributed by atoms with Gasteiger partial charge in [0.15, 0.2) is 17.2 Å². The lowest BCUT2D eigenvalue weighted by Crippen LogP contribution is -2.47. The van der Waals surface area contributed by atoms with Crippen LogP contribution in [0.4, 0.5) is 5.82 Å². The van der Waals surface area contributed by atoms with Crippen molar-refractivity contribution in [1.29, 1.82) is 0 Å². The molecule has 1 fully saturated rings. The standard InChI is InChI=1S/C19H22N6O5/c20-12(6-11-4-2-1-3-5-11)18(27)29-7-13-15(26)19(28,8-30-13)25-10-24-14-16(21)22-9-23-17(14)25/h1-5,9-10,12-13,15,26,28H,6-8,20H2,(H2,21,22,23). The molecule has 0 saturated carbocycles. The van der Waals surface area contributed by atoms with Crippen LogP contribution in [0.25, 0.3) is 11.2 Å². The summed E-state index contributed by atoms with van der Waals surface area (Å²) in [7, 11) is 0. The van der Waals surface area contributed by atoms with Crippen LogP contribution in [-0.4, -0.2) is 67.2 Å². The Bertz CT molecular complexity index is 1040. The monoisotopic (exact) mass is 414 g/mol. The highest BCUT2D eigenvalue weighted by Gasteiger charge is 2.51. The van der Waals surface area contributed by atoms with Crippen molar-refractivity contribution in [2.75, 3.05) is 18.9 Å². The molecule has 30 heavy (non-hydrogen) atoms. The molecule has 0 aliphatic carbocycles. The Morgan fingerprint density at radius 3 is 2.87 bits per heavy atom. The lowest BCUT2D eigenvalue weighted by Gasteiger charge is -2.27. The quantitative estimate of drug-likeness (QED) is 0.364. The second-order valence-corrected chi connectivity index (χ2v) is 7.14. The Morgan fingerprint density at radius 1 is 1.33 bits per heavy atom. The maximum absolute atomic E-state index is 12.2. The average molecular weight is 414 g/mol. The van der Waals surface area contributed by atoms with Gasteiger partial charge in [-0.3, -0.25) is 9.36 Å². The highest BCUT2D eigenvalue weighted by Crippen LogP contribution is 2.32. The van der Waals surface area contributed by atoms with Crippen molar-refractivity contribution in [2.45, 2.75) is 30.4 Å². The van der Waals surface area contributed by atoms with E-state index in [2.05, 4.69) is 15.0 Å². The number of fused-ring (bicyclic) bond motifs is 1. The molecule has 6 N–H and O–H groups in total. The van der Waals surface area contributed by atoms with Gasteiger partial charge < -0.3 is 31.2 Å². The summed E-state index contributed by atoms with van der Waals surface area (Å²) in [6.45, 7) is -0.531. The van der Waals surface area contributed by atoms with Crippen LogP contribution in [0.2, 0.25) is 0 Å². The lowest BCUT2D eigenvalue weighted by molar-refractivity contribution is -0.151. The summed E-state index contributed by atoms with van der Waals surface area (Å²) in [6.07, 6.45) is 0.477. The highest BCUT2D eigenvalue weighted by atomic mass is 16.6. The fraction of sp³-hybridized carbons (Fsp3) is 0.368. The molecule has 4 atom stereocenters. The Kier molecular flexibility index (Phi) is 5.35. The summed E-state index contributed by atoms with van der Waals surface area (Å²) in [5.41, 5.74) is 11.3. The van der Waals surface area contributed by atoms with Gasteiger partial charge in [-0.2, -0.15) is 0 Å². The van der Waals surface area contributed by atoms with Gasteiger partial charge in [-0.15, -0.1) is 0 Å². The van der Waals surface area contributed by atoms with Gasteiger partial charge in [0.2, 0.25) is 0 Å². The number of anilines is 1. The average Bonchev–Trinajstić information content (AvgIpc) is 3.31. The molecule has 1 aliphatic heterocycles. The molecule has 11 nitrogen and oxygen atoms in total. The van der Waals surface area contributed by atoms with E-state index < -0.39 is 29.9 Å².